The van der Waals surface area contributed by atoms with Crippen LogP contribution in [0.25, 0.3) is 0 Å². The zero-order valence-corrected chi connectivity index (χ0v) is 23.3. The van der Waals surface area contributed by atoms with Crippen LogP contribution >= 0.6 is 23.2 Å². The van der Waals surface area contributed by atoms with Gasteiger partial charge in [0.2, 0.25) is 0 Å². The van der Waals surface area contributed by atoms with Gasteiger partial charge in [0.25, 0.3) is 0 Å². The lowest BCUT2D eigenvalue weighted by molar-refractivity contribution is -0.124. The van der Waals surface area contributed by atoms with E-state index < -0.39 is 12.0 Å². The minimum Gasteiger partial charge on any atom is -0.334 e. The second-order valence-electron chi connectivity index (χ2n) is 11.2. The van der Waals surface area contributed by atoms with Crippen LogP contribution in [0.15, 0.2) is 83.0 Å². The fourth-order valence-corrected chi connectivity index (χ4v) is 6.78. The number of para-hydroxylation sites is 2. The molecule has 0 spiro atoms. The van der Waals surface area contributed by atoms with E-state index in [0.717, 1.165) is 5.71 Å². The summed E-state index contributed by atoms with van der Waals surface area (Å²) in [7, 11) is 0. The van der Waals surface area contributed by atoms with E-state index in [1.807, 2.05) is 35.2 Å². The van der Waals surface area contributed by atoms with Crippen molar-refractivity contribution in [2.24, 2.45) is 16.3 Å². The maximum absolute atomic E-state index is 14.0. The number of fused-ring (bicyclic) bond motifs is 3. The minimum atomic E-state index is -0.641. The van der Waals surface area contributed by atoms with Crippen LogP contribution in [0.1, 0.15) is 65.9 Å². The highest BCUT2D eigenvalue weighted by molar-refractivity contribution is 6.40. The van der Waals surface area contributed by atoms with Gasteiger partial charge in [0.05, 0.1) is 28.9 Å². The number of carbonyl (C=O) groups is 3. The van der Waals surface area contributed by atoms with E-state index in [1.54, 1.807) is 43.3 Å². The molecule has 0 radical (unpaired) electrons. The average Bonchev–Trinajstić information content (AvgIpc) is 3.04. The number of benzene rings is 3. The summed E-state index contributed by atoms with van der Waals surface area (Å²) in [5.74, 6) is -1.24. The molecule has 1 heterocycles. The highest BCUT2D eigenvalue weighted by Crippen LogP contribution is 2.51. The number of ketones is 3. The Morgan fingerprint density at radius 1 is 0.897 bits per heavy atom. The van der Waals surface area contributed by atoms with Crippen molar-refractivity contribution in [1.29, 1.82) is 0 Å². The fourth-order valence-electron chi connectivity index (χ4n) is 6.26. The van der Waals surface area contributed by atoms with Crippen molar-refractivity contribution in [3.63, 3.8) is 0 Å². The van der Waals surface area contributed by atoms with Gasteiger partial charge < -0.3 is 4.90 Å². The van der Waals surface area contributed by atoms with Gasteiger partial charge in [-0.1, -0.05) is 79.5 Å². The number of hydrogen-bond acceptors (Lipinski definition) is 5. The second-order valence-corrected chi connectivity index (χ2v) is 12.0. The van der Waals surface area contributed by atoms with E-state index in [9.17, 15) is 14.4 Å². The lowest BCUT2D eigenvalue weighted by atomic mass is 9.68. The molecule has 1 aliphatic heterocycles. The van der Waals surface area contributed by atoms with Gasteiger partial charge in [-0.25, -0.2) is 0 Å². The Morgan fingerprint density at radius 3 is 2.21 bits per heavy atom. The van der Waals surface area contributed by atoms with Crippen LogP contribution in [-0.4, -0.2) is 23.1 Å². The van der Waals surface area contributed by atoms with E-state index in [4.69, 9.17) is 28.2 Å². The number of aliphatic imine (C=N–C) groups is 1. The molecular weight excluding hydrogens is 531 g/mol. The lowest BCUT2D eigenvalue weighted by Gasteiger charge is -2.42. The van der Waals surface area contributed by atoms with Gasteiger partial charge in [0, 0.05) is 39.0 Å². The molecule has 7 heteroatoms. The second kappa shape index (κ2) is 9.29. The molecule has 0 N–H and O–H groups in total. The van der Waals surface area contributed by atoms with E-state index in [2.05, 4.69) is 13.8 Å². The summed E-state index contributed by atoms with van der Waals surface area (Å²) in [6.07, 6.45) is 1.01. The predicted molar refractivity (Wildman–Crippen MR) is 155 cm³/mol. The molecule has 3 aromatic carbocycles. The molecule has 0 saturated heterocycles. The van der Waals surface area contributed by atoms with Crippen LogP contribution in [0.5, 0.6) is 0 Å². The molecule has 39 heavy (non-hydrogen) atoms. The fraction of sp³-hybridized carbons (Fsp3) is 0.250. The number of carbonyl (C=O) groups excluding carboxylic acids is 3. The normalized spacial score (nSPS) is 21.7. The number of anilines is 1. The Balaban J connectivity index is 1.66. The highest BCUT2D eigenvalue weighted by atomic mass is 35.5. The van der Waals surface area contributed by atoms with Crippen LogP contribution in [-0.2, 0) is 4.79 Å². The molecule has 6 rings (SSSR count). The summed E-state index contributed by atoms with van der Waals surface area (Å²) in [5.41, 5.74) is 3.88. The van der Waals surface area contributed by atoms with Crippen molar-refractivity contribution in [2.75, 3.05) is 4.90 Å². The van der Waals surface area contributed by atoms with Crippen molar-refractivity contribution < 1.29 is 14.4 Å². The standard InChI is InChI=1S/C32H26Cl2N2O3/c1-17(27-30(38)19-8-4-5-9-20(19)31(27)39)36-25-11-7-6-10-23(25)35-24-15-32(2,3)16-26(37)28(24)29(36)21-13-12-18(33)14-22(21)34/h4-14,28-29H,15-16H2,1-3H3. The van der Waals surface area contributed by atoms with E-state index in [0.29, 0.717) is 56.6 Å². The first-order valence-electron chi connectivity index (χ1n) is 12.9. The number of Topliss-reactive ketones (excluding diaryl/α,β-unsaturated/α-hetero) is 3. The van der Waals surface area contributed by atoms with Gasteiger partial charge >= 0.3 is 0 Å². The van der Waals surface area contributed by atoms with Gasteiger partial charge in [-0.05, 0) is 48.6 Å². The summed E-state index contributed by atoms with van der Waals surface area (Å²) >= 11 is 13.1. The Hall–Kier alpha value is -3.54. The number of allylic oxidation sites excluding steroid dienone is 2. The third kappa shape index (κ3) is 4.16. The summed E-state index contributed by atoms with van der Waals surface area (Å²) in [6, 6.07) is 19.0. The summed E-state index contributed by atoms with van der Waals surface area (Å²) < 4.78 is 0. The predicted octanol–water partition coefficient (Wildman–Crippen LogP) is 7.99. The first-order valence-corrected chi connectivity index (χ1v) is 13.7. The van der Waals surface area contributed by atoms with Crippen LogP contribution in [0.3, 0.4) is 0 Å². The number of hydrogen-bond donors (Lipinski definition) is 0. The molecule has 5 nitrogen and oxygen atoms in total. The minimum absolute atomic E-state index is 0.0454. The van der Waals surface area contributed by atoms with Gasteiger partial charge in [-0.3, -0.25) is 19.4 Å². The first kappa shape index (κ1) is 25.7. The molecule has 2 aliphatic carbocycles. The van der Waals surface area contributed by atoms with Gasteiger partial charge in [0.15, 0.2) is 11.6 Å². The molecule has 1 saturated carbocycles. The van der Waals surface area contributed by atoms with Crippen LogP contribution in [0.4, 0.5) is 11.4 Å². The molecule has 3 aliphatic rings. The van der Waals surface area contributed by atoms with Gasteiger partial charge in [0.1, 0.15) is 5.78 Å². The number of halogens is 2. The summed E-state index contributed by atoms with van der Waals surface area (Å²) in [5, 5.41) is 0.875. The maximum Gasteiger partial charge on any atom is 0.199 e. The molecule has 196 valence electrons. The van der Waals surface area contributed by atoms with E-state index in [1.165, 1.54) is 0 Å². The highest BCUT2D eigenvalue weighted by Gasteiger charge is 2.48. The Kier molecular flexibility index (Phi) is 6.12. The molecular formula is C32H26Cl2N2O3. The zero-order valence-electron chi connectivity index (χ0n) is 21.8. The van der Waals surface area contributed by atoms with Gasteiger partial charge in [-0.2, -0.15) is 0 Å². The van der Waals surface area contributed by atoms with Gasteiger partial charge in [-0.15, -0.1) is 0 Å². The van der Waals surface area contributed by atoms with Crippen molar-refractivity contribution in [2.45, 2.75) is 39.7 Å². The van der Waals surface area contributed by atoms with Crippen LogP contribution in [0, 0.1) is 11.3 Å². The molecule has 0 aromatic heterocycles. The molecule has 2 unspecified atom stereocenters. The average molecular weight is 557 g/mol. The third-order valence-corrected chi connectivity index (χ3v) is 8.45. The maximum atomic E-state index is 14.0. The topological polar surface area (TPSA) is 66.8 Å². The van der Waals surface area contributed by atoms with E-state index >= 15 is 0 Å². The zero-order chi connectivity index (χ0) is 27.6. The monoisotopic (exact) mass is 556 g/mol. The van der Waals surface area contributed by atoms with Crippen molar-refractivity contribution in [3.05, 3.63) is 105 Å². The van der Waals surface area contributed by atoms with Crippen molar-refractivity contribution >= 4 is 57.6 Å². The van der Waals surface area contributed by atoms with Crippen molar-refractivity contribution in [3.8, 4) is 0 Å². The van der Waals surface area contributed by atoms with E-state index in [-0.39, 0.29) is 28.3 Å². The Morgan fingerprint density at radius 2 is 1.54 bits per heavy atom. The Bertz CT molecular complexity index is 1620. The summed E-state index contributed by atoms with van der Waals surface area (Å²) in [4.78, 5) is 48.2. The number of rotatable bonds is 2. The molecule has 3 aromatic rings. The quantitative estimate of drug-likeness (QED) is 0.237. The third-order valence-electron chi connectivity index (χ3n) is 7.89. The molecule has 1 fully saturated rings. The number of nitrogens with zero attached hydrogens (tertiary/aromatic N) is 2. The smallest absolute Gasteiger partial charge is 0.199 e. The SMILES string of the molecule is CC(=C1C(=O)c2ccccc2C1=O)N1c2ccccc2N=C2CC(C)(C)CC(=O)C2C1c1ccc(Cl)cc1Cl. The van der Waals surface area contributed by atoms with Crippen LogP contribution < -0.4 is 4.90 Å². The summed E-state index contributed by atoms with van der Waals surface area (Å²) in [6.45, 7) is 5.92. The largest absolute Gasteiger partial charge is 0.334 e. The molecule has 0 bridgehead atoms. The van der Waals surface area contributed by atoms with Crippen LogP contribution in [0.2, 0.25) is 10.0 Å². The van der Waals surface area contributed by atoms with Crippen molar-refractivity contribution in [1.82, 2.24) is 0 Å². The molecule has 2 atom stereocenters. The Labute approximate surface area is 237 Å². The lowest BCUT2D eigenvalue weighted by Crippen LogP contribution is -2.45. The molecule has 0 amide bonds. The first-order chi connectivity index (χ1) is 18.6.